The van der Waals surface area contributed by atoms with Crippen molar-refractivity contribution in [2.24, 2.45) is 7.05 Å². The van der Waals surface area contributed by atoms with Crippen molar-refractivity contribution in [2.45, 2.75) is 31.0 Å². The van der Waals surface area contributed by atoms with E-state index < -0.39 is 12.0 Å². The van der Waals surface area contributed by atoms with Crippen LogP contribution in [-0.4, -0.2) is 44.2 Å². The molecule has 0 aromatic carbocycles. The maximum absolute atomic E-state index is 11.1. The lowest BCUT2D eigenvalue weighted by Crippen LogP contribution is -2.37. The zero-order valence-electron chi connectivity index (χ0n) is 10.5. The number of nitrogens with one attached hydrogen (secondary N) is 2. The number of aromatic nitrogens is 3. The van der Waals surface area contributed by atoms with Crippen molar-refractivity contribution in [1.82, 2.24) is 20.1 Å². The summed E-state index contributed by atoms with van der Waals surface area (Å²) >= 11 is 1.36. The van der Waals surface area contributed by atoms with Gasteiger partial charge in [-0.25, -0.2) is 9.89 Å². The predicted molar refractivity (Wildman–Crippen MR) is 68.9 cm³/mol. The third kappa shape index (κ3) is 4.19. The molecular formula is C10H18N4O3S. The van der Waals surface area contributed by atoms with Crippen LogP contribution in [0.2, 0.25) is 0 Å². The predicted octanol–water partition coefficient (Wildman–Crippen LogP) is 0.0434. The number of carbonyl (C=O) groups is 1. The SMILES string of the molecule is CCCNC(CCSc1n[nH]c(=O)n1C)C(=O)O. The van der Waals surface area contributed by atoms with E-state index in [4.69, 9.17) is 5.11 Å². The number of nitrogens with zero attached hydrogens (tertiary/aromatic N) is 2. The van der Waals surface area contributed by atoms with Crippen molar-refractivity contribution < 1.29 is 9.90 Å². The molecule has 0 aliphatic carbocycles. The molecule has 1 unspecified atom stereocenters. The van der Waals surface area contributed by atoms with Crippen molar-refractivity contribution in [2.75, 3.05) is 12.3 Å². The number of H-pyrrole nitrogens is 1. The standard InChI is InChI=1S/C10H18N4O3S/c1-3-5-11-7(8(15)16)4-6-18-10-13-12-9(17)14(10)2/h7,11H,3-6H2,1-2H3,(H,12,17)(H,15,16). The van der Waals surface area contributed by atoms with Crippen molar-refractivity contribution in [1.29, 1.82) is 0 Å². The molecule has 1 rings (SSSR count). The molecule has 102 valence electrons. The Morgan fingerprint density at radius 3 is 2.89 bits per heavy atom. The Kier molecular flexibility index (Phi) is 5.93. The molecule has 1 aromatic heterocycles. The topological polar surface area (TPSA) is 100 Å². The largest absolute Gasteiger partial charge is 0.480 e. The fraction of sp³-hybridized carbons (Fsp3) is 0.700. The Labute approximate surface area is 109 Å². The van der Waals surface area contributed by atoms with Crippen LogP contribution in [0.15, 0.2) is 9.95 Å². The number of carboxylic acid groups (broad SMARTS) is 1. The quantitative estimate of drug-likeness (QED) is 0.579. The Morgan fingerprint density at radius 2 is 2.39 bits per heavy atom. The normalized spacial score (nSPS) is 12.6. The maximum atomic E-state index is 11.1. The van der Waals surface area contributed by atoms with Crippen LogP contribution in [0.3, 0.4) is 0 Å². The second kappa shape index (κ2) is 7.22. The van der Waals surface area contributed by atoms with Crippen LogP contribution in [-0.2, 0) is 11.8 Å². The Hall–Kier alpha value is -1.28. The van der Waals surface area contributed by atoms with E-state index in [1.54, 1.807) is 7.05 Å². The van der Waals surface area contributed by atoms with Gasteiger partial charge in [-0.3, -0.25) is 9.36 Å². The van der Waals surface area contributed by atoms with Crippen LogP contribution in [0, 0.1) is 0 Å². The number of hydrogen-bond donors (Lipinski definition) is 3. The molecule has 3 N–H and O–H groups in total. The van der Waals surface area contributed by atoms with Gasteiger partial charge in [-0.2, -0.15) is 0 Å². The van der Waals surface area contributed by atoms with Crippen LogP contribution >= 0.6 is 11.8 Å². The van der Waals surface area contributed by atoms with E-state index in [0.717, 1.165) is 6.42 Å². The van der Waals surface area contributed by atoms with Crippen molar-refractivity contribution in [3.63, 3.8) is 0 Å². The lowest BCUT2D eigenvalue weighted by atomic mass is 10.2. The van der Waals surface area contributed by atoms with Crippen LogP contribution in [0.25, 0.3) is 0 Å². The van der Waals surface area contributed by atoms with Gasteiger partial charge in [0.2, 0.25) is 0 Å². The first-order valence-corrected chi connectivity index (χ1v) is 6.75. The van der Waals surface area contributed by atoms with Crippen molar-refractivity contribution in [3.8, 4) is 0 Å². The molecule has 0 amide bonds. The molecule has 18 heavy (non-hydrogen) atoms. The first-order chi connectivity index (χ1) is 8.56. The molecule has 1 atom stereocenters. The summed E-state index contributed by atoms with van der Waals surface area (Å²) in [5, 5.41) is 18.7. The Morgan fingerprint density at radius 1 is 1.67 bits per heavy atom. The smallest absolute Gasteiger partial charge is 0.343 e. The third-order valence-electron chi connectivity index (χ3n) is 2.42. The molecule has 0 spiro atoms. The van der Waals surface area contributed by atoms with Gasteiger partial charge in [0.15, 0.2) is 5.16 Å². The molecule has 1 aromatic rings. The summed E-state index contributed by atoms with van der Waals surface area (Å²) in [6.07, 6.45) is 1.38. The second-order valence-electron chi connectivity index (χ2n) is 3.85. The highest BCUT2D eigenvalue weighted by atomic mass is 32.2. The van der Waals surface area contributed by atoms with E-state index in [9.17, 15) is 9.59 Å². The molecule has 0 aliphatic heterocycles. The van der Waals surface area contributed by atoms with Gasteiger partial charge in [0.1, 0.15) is 6.04 Å². The van der Waals surface area contributed by atoms with Crippen molar-refractivity contribution in [3.05, 3.63) is 10.5 Å². The van der Waals surface area contributed by atoms with E-state index in [2.05, 4.69) is 15.5 Å². The Balaban J connectivity index is 2.41. The summed E-state index contributed by atoms with van der Waals surface area (Å²) in [4.78, 5) is 22.1. The minimum Gasteiger partial charge on any atom is -0.480 e. The molecule has 0 saturated carbocycles. The molecule has 1 heterocycles. The minimum absolute atomic E-state index is 0.267. The second-order valence-corrected chi connectivity index (χ2v) is 4.91. The van der Waals surface area contributed by atoms with Crippen LogP contribution in [0.4, 0.5) is 0 Å². The highest BCUT2D eigenvalue weighted by molar-refractivity contribution is 7.99. The molecule has 7 nitrogen and oxygen atoms in total. The summed E-state index contributed by atoms with van der Waals surface area (Å²) in [6, 6.07) is -0.548. The van der Waals surface area contributed by atoms with E-state index in [0.29, 0.717) is 23.9 Å². The summed E-state index contributed by atoms with van der Waals surface area (Å²) < 4.78 is 1.40. The molecule has 0 fully saturated rings. The number of thioether (sulfide) groups is 1. The summed E-state index contributed by atoms with van der Waals surface area (Å²) in [6.45, 7) is 2.67. The fourth-order valence-electron chi connectivity index (χ4n) is 1.36. The van der Waals surface area contributed by atoms with E-state index in [-0.39, 0.29) is 5.69 Å². The first-order valence-electron chi connectivity index (χ1n) is 5.76. The van der Waals surface area contributed by atoms with Gasteiger partial charge >= 0.3 is 11.7 Å². The highest BCUT2D eigenvalue weighted by Crippen LogP contribution is 2.14. The van der Waals surface area contributed by atoms with E-state index in [1.165, 1.54) is 16.3 Å². The molecular weight excluding hydrogens is 256 g/mol. The maximum Gasteiger partial charge on any atom is 0.343 e. The number of hydrogen-bond acceptors (Lipinski definition) is 5. The van der Waals surface area contributed by atoms with Gasteiger partial charge < -0.3 is 10.4 Å². The average molecular weight is 274 g/mol. The zero-order valence-corrected chi connectivity index (χ0v) is 11.3. The third-order valence-corrected chi connectivity index (χ3v) is 3.48. The highest BCUT2D eigenvalue weighted by Gasteiger charge is 2.16. The van der Waals surface area contributed by atoms with E-state index >= 15 is 0 Å². The molecule has 0 bridgehead atoms. The van der Waals surface area contributed by atoms with Gasteiger partial charge in [-0.05, 0) is 19.4 Å². The van der Waals surface area contributed by atoms with Crippen LogP contribution in [0.5, 0.6) is 0 Å². The summed E-state index contributed by atoms with van der Waals surface area (Å²) in [5.41, 5.74) is -0.267. The number of rotatable bonds is 8. The van der Waals surface area contributed by atoms with E-state index in [1.807, 2.05) is 6.92 Å². The molecule has 0 saturated heterocycles. The molecule has 0 aliphatic rings. The van der Waals surface area contributed by atoms with Gasteiger partial charge in [0, 0.05) is 12.8 Å². The average Bonchev–Trinajstić information content (AvgIpc) is 2.64. The summed E-state index contributed by atoms with van der Waals surface area (Å²) in [5.74, 6) is -0.258. The van der Waals surface area contributed by atoms with Crippen molar-refractivity contribution >= 4 is 17.7 Å². The number of carboxylic acids is 1. The lowest BCUT2D eigenvalue weighted by Gasteiger charge is -2.12. The monoisotopic (exact) mass is 274 g/mol. The molecule has 0 radical (unpaired) electrons. The number of aliphatic carboxylic acids is 1. The molecule has 8 heteroatoms. The first kappa shape index (κ1) is 14.8. The zero-order chi connectivity index (χ0) is 13.5. The summed E-state index contributed by atoms with van der Waals surface area (Å²) in [7, 11) is 1.62. The van der Waals surface area contributed by atoms with Gasteiger partial charge in [-0.1, -0.05) is 18.7 Å². The number of aromatic amines is 1. The minimum atomic E-state index is -0.847. The Bertz CT molecular complexity index is 443. The van der Waals surface area contributed by atoms with Crippen LogP contribution in [0.1, 0.15) is 19.8 Å². The fourth-order valence-corrected chi connectivity index (χ4v) is 2.28. The van der Waals surface area contributed by atoms with Gasteiger partial charge in [-0.15, -0.1) is 5.10 Å². The lowest BCUT2D eigenvalue weighted by molar-refractivity contribution is -0.139. The van der Waals surface area contributed by atoms with Crippen LogP contribution < -0.4 is 11.0 Å². The van der Waals surface area contributed by atoms with Gasteiger partial charge in [0.25, 0.3) is 0 Å². The van der Waals surface area contributed by atoms with Gasteiger partial charge in [0.05, 0.1) is 0 Å².